The molecule has 0 aromatic heterocycles. The van der Waals surface area contributed by atoms with Crippen LogP contribution in [0.5, 0.6) is 0 Å². The van der Waals surface area contributed by atoms with Crippen molar-refractivity contribution < 1.29 is 9.53 Å². The molecule has 0 N–H and O–H groups in total. The van der Waals surface area contributed by atoms with Crippen molar-refractivity contribution in [1.29, 1.82) is 0 Å². The Labute approximate surface area is 182 Å². The zero-order valence-corrected chi connectivity index (χ0v) is 18.6. The zero-order valence-electron chi connectivity index (χ0n) is 18.6. The van der Waals surface area contributed by atoms with E-state index in [2.05, 4.69) is 41.0 Å². The van der Waals surface area contributed by atoms with Crippen LogP contribution in [0, 0.1) is 17.8 Å². The second-order valence-electron chi connectivity index (χ2n) is 10.3. The van der Waals surface area contributed by atoms with E-state index in [0.29, 0.717) is 23.7 Å². The summed E-state index contributed by atoms with van der Waals surface area (Å²) in [6.07, 6.45) is 8.27. The van der Waals surface area contributed by atoms with Gasteiger partial charge in [0.05, 0.1) is 0 Å². The van der Waals surface area contributed by atoms with Crippen molar-refractivity contribution in [2.45, 2.75) is 63.8 Å². The lowest BCUT2D eigenvalue weighted by Crippen LogP contribution is -2.37. The number of fused-ring (bicyclic) bond motifs is 1. The van der Waals surface area contributed by atoms with Crippen LogP contribution in [0.3, 0.4) is 0 Å². The minimum atomic E-state index is 0.202. The summed E-state index contributed by atoms with van der Waals surface area (Å²) in [5.41, 5.74) is 2.97. The van der Waals surface area contributed by atoms with Crippen LogP contribution in [0.1, 0.15) is 62.5 Å². The summed E-state index contributed by atoms with van der Waals surface area (Å²) in [6, 6.07) is 10.3. The monoisotopic (exact) mass is 410 g/mol. The molecule has 4 heteroatoms. The molecule has 3 heterocycles. The van der Waals surface area contributed by atoms with E-state index in [1.807, 2.05) is 0 Å². The maximum absolute atomic E-state index is 13.0. The highest BCUT2D eigenvalue weighted by molar-refractivity contribution is 5.79. The number of hydrogen-bond donors (Lipinski definition) is 0. The Kier molecular flexibility index (Phi) is 6.15. The fraction of sp³-hybridized carbons (Fsp3) is 0.731. The van der Waals surface area contributed by atoms with Gasteiger partial charge in [0.15, 0.2) is 0 Å². The first-order valence-corrected chi connectivity index (χ1v) is 12.4. The highest BCUT2D eigenvalue weighted by atomic mass is 16.5. The fourth-order valence-corrected chi connectivity index (χ4v) is 6.59. The molecule has 4 fully saturated rings. The van der Waals surface area contributed by atoms with E-state index in [0.717, 1.165) is 51.6 Å². The van der Waals surface area contributed by atoms with Crippen molar-refractivity contribution in [3.05, 3.63) is 35.4 Å². The number of ether oxygens (including phenoxy) is 1. The first-order valence-electron chi connectivity index (χ1n) is 12.4. The zero-order chi connectivity index (χ0) is 20.5. The molecule has 1 saturated carbocycles. The van der Waals surface area contributed by atoms with E-state index in [9.17, 15) is 4.79 Å². The number of amides is 1. The Morgan fingerprint density at radius 1 is 1.03 bits per heavy atom. The van der Waals surface area contributed by atoms with Crippen LogP contribution in [0.4, 0.5) is 0 Å². The molecule has 164 valence electrons. The molecule has 1 aromatic carbocycles. The Bertz CT molecular complexity index is 727. The maximum Gasteiger partial charge on any atom is 0.225 e. The van der Waals surface area contributed by atoms with Crippen molar-refractivity contribution in [1.82, 2.24) is 9.80 Å². The van der Waals surface area contributed by atoms with Gasteiger partial charge in [-0.2, -0.15) is 0 Å². The van der Waals surface area contributed by atoms with Crippen molar-refractivity contribution in [3.8, 4) is 0 Å². The molecule has 3 aliphatic heterocycles. The first kappa shape index (κ1) is 20.5. The van der Waals surface area contributed by atoms with E-state index in [1.165, 1.54) is 49.9 Å². The Balaban J connectivity index is 1.17. The van der Waals surface area contributed by atoms with Crippen LogP contribution >= 0.6 is 0 Å². The van der Waals surface area contributed by atoms with Crippen molar-refractivity contribution in [2.75, 3.05) is 39.4 Å². The van der Waals surface area contributed by atoms with Crippen molar-refractivity contribution >= 4 is 5.91 Å². The third-order valence-corrected chi connectivity index (χ3v) is 8.53. The van der Waals surface area contributed by atoms with Gasteiger partial charge in [0, 0.05) is 44.8 Å². The quantitative estimate of drug-likeness (QED) is 0.733. The average Bonchev–Trinajstić information content (AvgIpc) is 3.49. The molecule has 1 aliphatic carbocycles. The molecule has 4 atom stereocenters. The number of hydrogen-bond acceptors (Lipinski definition) is 3. The van der Waals surface area contributed by atoms with Gasteiger partial charge in [0.2, 0.25) is 5.91 Å². The number of benzene rings is 1. The minimum absolute atomic E-state index is 0.202. The largest absolute Gasteiger partial charge is 0.381 e. The lowest BCUT2D eigenvalue weighted by atomic mass is 9.86. The smallest absolute Gasteiger partial charge is 0.225 e. The standard InChI is InChI=1S/C26H38N2O2/c1-19-3-2-13-27(19)14-10-20-4-6-21(7-5-20)24-9-8-23-17-28(18-25(23)24)26(29)22-11-15-30-16-12-22/h4-7,19,22-25H,2-3,8-18H2,1H3. The minimum Gasteiger partial charge on any atom is -0.381 e. The first-order chi connectivity index (χ1) is 14.7. The highest BCUT2D eigenvalue weighted by Gasteiger charge is 2.45. The van der Waals surface area contributed by atoms with E-state index in [-0.39, 0.29) is 5.92 Å². The number of carbonyl (C=O) groups excluding carboxylic acids is 1. The van der Waals surface area contributed by atoms with Crippen LogP contribution in [-0.4, -0.2) is 61.1 Å². The van der Waals surface area contributed by atoms with Gasteiger partial charge in [0.1, 0.15) is 0 Å². The van der Waals surface area contributed by atoms with Gasteiger partial charge in [-0.05, 0) is 87.3 Å². The lowest BCUT2D eigenvalue weighted by Gasteiger charge is -2.27. The van der Waals surface area contributed by atoms with Crippen LogP contribution < -0.4 is 0 Å². The molecular weight excluding hydrogens is 372 g/mol. The predicted octanol–water partition coefficient (Wildman–Crippen LogP) is 4.09. The molecule has 4 unspecified atom stereocenters. The number of likely N-dealkylation sites (tertiary alicyclic amines) is 2. The van der Waals surface area contributed by atoms with Crippen LogP contribution in [0.25, 0.3) is 0 Å². The topological polar surface area (TPSA) is 32.8 Å². The third-order valence-electron chi connectivity index (χ3n) is 8.53. The van der Waals surface area contributed by atoms with Gasteiger partial charge >= 0.3 is 0 Å². The fourth-order valence-electron chi connectivity index (χ4n) is 6.59. The van der Waals surface area contributed by atoms with Gasteiger partial charge in [-0.3, -0.25) is 4.79 Å². The average molecular weight is 411 g/mol. The van der Waals surface area contributed by atoms with Crippen molar-refractivity contribution in [2.24, 2.45) is 17.8 Å². The van der Waals surface area contributed by atoms with Crippen molar-refractivity contribution in [3.63, 3.8) is 0 Å². The van der Waals surface area contributed by atoms with E-state index in [1.54, 1.807) is 0 Å². The molecule has 0 radical (unpaired) electrons. The summed E-state index contributed by atoms with van der Waals surface area (Å²) in [7, 11) is 0. The second kappa shape index (κ2) is 9.00. The molecule has 5 rings (SSSR count). The SMILES string of the molecule is CC1CCCN1CCc1ccc(C2CCC3CN(C(=O)C4CCOCC4)CC32)cc1. The Morgan fingerprint density at radius 2 is 1.83 bits per heavy atom. The van der Waals surface area contributed by atoms with Gasteiger partial charge < -0.3 is 14.5 Å². The third kappa shape index (κ3) is 4.18. The summed E-state index contributed by atoms with van der Waals surface area (Å²) in [4.78, 5) is 17.8. The molecule has 0 spiro atoms. The van der Waals surface area contributed by atoms with E-state index >= 15 is 0 Å². The van der Waals surface area contributed by atoms with E-state index < -0.39 is 0 Å². The number of rotatable bonds is 5. The molecule has 1 amide bonds. The summed E-state index contributed by atoms with van der Waals surface area (Å²) in [6.45, 7) is 8.30. The van der Waals surface area contributed by atoms with Gasteiger partial charge in [-0.15, -0.1) is 0 Å². The molecule has 4 nitrogen and oxygen atoms in total. The van der Waals surface area contributed by atoms with Gasteiger partial charge in [0.25, 0.3) is 0 Å². The van der Waals surface area contributed by atoms with Gasteiger partial charge in [-0.1, -0.05) is 24.3 Å². The second-order valence-corrected chi connectivity index (χ2v) is 10.3. The molecule has 1 aromatic rings. The van der Waals surface area contributed by atoms with Crippen LogP contribution in [0.2, 0.25) is 0 Å². The molecule has 0 bridgehead atoms. The normalized spacial score (nSPS) is 32.6. The Morgan fingerprint density at radius 3 is 2.57 bits per heavy atom. The molecular formula is C26H38N2O2. The van der Waals surface area contributed by atoms with Crippen LogP contribution in [-0.2, 0) is 16.0 Å². The lowest BCUT2D eigenvalue weighted by molar-refractivity contribution is -0.137. The summed E-state index contributed by atoms with van der Waals surface area (Å²) in [5, 5.41) is 0. The predicted molar refractivity (Wildman–Crippen MR) is 119 cm³/mol. The Hall–Kier alpha value is -1.39. The number of nitrogens with zero attached hydrogens (tertiary/aromatic N) is 2. The molecule has 3 saturated heterocycles. The molecule has 4 aliphatic rings. The summed E-state index contributed by atoms with van der Waals surface area (Å²) >= 11 is 0. The summed E-state index contributed by atoms with van der Waals surface area (Å²) < 4.78 is 5.45. The summed E-state index contributed by atoms with van der Waals surface area (Å²) in [5.74, 6) is 2.60. The highest BCUT2D eigenvalue weighted by Crippen LogP contribution is 2.48. The van der Waals surface area contributed by atoms with Gasteiger partial charge in [-0.25, -0.2) is 0 Å². The maximum atomic E-state index is 13.0. The van der Waals surface area contributed by atoms with Crippen LogP contribution in [0.15, 0.2) is 24.3 Å². The number of carbonyl (C=O) groups is 1. The van der Waals surface area contributed by atoms with E-state index in [4.69, 9.17) is 4.74 Å². The molecule has 30 heavy (non-hydrogen) atoms.